The Morgan fingerprint density at radius 2 is 2.11 bits per heavy atom. The fourth-order valence-corrected chi connectivity index (χ4v) is 3.25. The van der Waals surface area contributed by atoms with Crippen LogP contribution in [0.4, 0.5) is 0 Å². The zero-order chi connectivity index (χ0) is 13.0. The Labute approximate surface area is 112 Å². The number of aliphatic hydroxyl groups is 1. The van der Waals surface area contributed by atoms with Gasteiger partial charge >= 0.3 is 0 Å². The zero-order valence-electron chi connectivity index (χ0n) is 10.8. The molecule has 1 atom stereocenters. The number of carbonyl (C=O) groups excluding carboxylic acids is 1. The molecule has 1 aromatic carbocycles. The van der Waals surface area contributed by atoms with E-state index in [1.54, 1.807) is 4.90 Å². The molecule has 0 bridgehead atoms. The number of β-amino-alcohol motifs (C(OH)–C–C–N with tert-alkyl or cyclic N) is 1. The highest BCUT2D eigenvalue weighted by Crippen LogP contribution is 2.52. The first-order chi connectivity index (χ1) is 9.18. The summed E-state index contributed by atoms with van der Waals surface area (Å²) in [6, 6.07) is 5.80. The van der Waals surface area contributed by atoms with Crippen molar-refractivity contribution in [1.29, 1.82) is 0 Å². The first-order valence-corrected chi connectivity index (χ1v) is 6.85. The Kier molecular flexibility index (Phi) is 2.29. The van der Waals surface area contributed by atoms with E-state index in [0.29, 0.717) is 31.9 Å². The van der Waals surface area contributed by atoms with Crippen LogP contribution < -0.4 is 0 Å². The Morgan fingerprint density at radius 1 is 1.32 bits per heavy atom. The molecule has 2 aliphatic heterocycles. The van der Waals surface area contributed by atoms with Gasteiger partial charge in [-0.15, -0.1) is 0 Å². The predicted molar refractivity (Wildman–Crippen MR) is 68.5 cm³/mol. The third-order valence-corrected chi connectivity index (χ3v) is 4.75. The van der Waals surface area contributed by atoms with Crippen LogP contribution in [0.1, 0.15) is 34.3 Å². The number of benzene rings is 1. The molecule has 3 aliphatic rings. The molecule has 0 radical (unpaired) electrons. The molecular formula is C15H17NO3. The number of likely N-dealkylation sites (tertiary alicyclic amines) is 1. The zero-order valence-corrected chi connectivity index (χ0v) is 10.8. The molecule has 0 aromatic heterocycles. The summed E-state index contributed by atoms with van der Waals surface area (Å²) < 4.78 is 5.37. The van der Waals surface area contributed by atoms with Gasteiger partial charge in [-0.05, 0) is 36.1 Å². The summed E-state index contributed by atoms with van der Waals surface area (Å²) in [5, 5.41) is 10.0. The van der Waals surface area contributed by atoms with E-state index in [1.165, 1.54) is 5.56 Å². The van der Waals surface area contributed by atoms with Crippen molar-refractivity contribution < 1.29 is 14.6 Å². The third-order valence-electron chi connectivity index (χ3n) is 4.75. The van der Waals surface area contributed by atoms with Gasteiger partial charge in [0.2, 0.25) is 0 Å². The quantitative estimate of drug-likeness (QED) is 0.827. The molecule has 2 heterocycles. The molecule has 100 valence electrons. The second-order valence-corrected chi connectivity index (χ2v) is 6.04. The monoisotopic (exact) mass is 259 g/mol. The number of carbonyl (C=O) groups is 1. The van der Waals surface area contributed by atoms with Crippen molar-refractivity contribution in [2.45, 2.75) is 32.2 Å². The van der Waals surface area contributed by atoms with E-state index in [-0.39, 0.29) is 17.4 Å². The highest BCUT2D eigenvalue weighted by molar-refractivity contribution is 5.94. The van der Waals surface area contributed by atoms with Crippen LogP contribution in [0.5, 0.6) is 0 Å². The Hall–Kier alpha value is -1.39. The minimum absolute atomic E-state index is 0.0233. The van der Waals surface area contributed by atoms with Crippen molar-refractivity contribution in [3.05, 3.63) is 34.9 Å². The van der Waals surface area contributed by atoms with Crippen molar-refractivity contribution in [3.63, 3.8) is 0 Å². The molecule has 4 heteroatoms. The van der Waals surface area contributed by atoms with E-state index in [4.69, 9.17) is 4.74 Å². The normalized spacial score (nSPS) is 26.8. The average molecular weight is 259 g/mol. The number of ether oxygens (including phenoxy) is 1. The predicted octanol–water partition coefficient (Wildman–Crippen LogP) is 1.31. The molecule has 1 aromatic rings. The fraction of sp³-hybridized carbons (Fsp3) is 0.533. The SMILES string of the molecule is O=C(c1ccc2c(c1)COC2)N1C[C@H](O)C2(CC2)C1. The van der Waals surface area contributed by atoms with Gasteiger partial charge < -0.3 is 14.7 Å². The lowest BCUT2D eigenvalue weighted by Gasteiger charge is -2.16. The number of amides is 1. The summed E-state index contributed by atoms with van der Waals surface area (Å²) >= 11 is 0. The maximum atomic E-state index is 12.5. The molecule has 1 amide bonds. The highest BCUT2D eigenvalue weighted by Gasteiger charge is 2.55. The van der Waals surface area contributed by atoms with E-state index in [2.05, 4.69) is 0 Å². The molecule has 1 aliphatic carbocycles. The van der Waals surface area contributed by atoms with E-state index >= 15 is 0 Å². The van der Waals surface area contributed by atoms with Crippen LogP contribution in [0.15, 0.2) is 18.2 Å². The van der Waals surface area contributed by atoms with Crippen molar-refractivity contribution >= 4 is 5.91 Å². The average Bonchev–Trinajstić information content (AvgIpc) is 2.92. The van der Waals surface area contributed by atoms with Gasteiger partial charge in [-0.1, -0.05) is 6.07 Å². The molecular weight excluding hydrogens is 242 g/mol. The van der Waals surface area contributed by atoms with Gasteiger partial charge in [-0.2, -0.15) is 0 Å². The van der Waals surface area contributed by atoms with Crippen LogP contribution in [-0.2, 0) is 18.0 Å². The third kappa shape index (κ3) is 1.70. The van der Waals surface area contributed by atoms with E-state index < -0.39 is 0 Å². The summed E-state index contributed by atoms with van der Waals surface area (Å²) in [6.45, 7) is 2.44. The topological polar surface area (TPSA) is 49.8 Å². The van der Waals surface area contributed by atoms with Gasteiger partial charge in [-0.3, -0.25) is 4.79 Å². The maximum absolute atomic E-state index is 12.5. The first-order valence-electron chi connectivity index (χ1n) is 6.85. The number of hydrogen-bond donors (Lipinski definition) is 1. The molecule has 1 saturated heterocycles. The molecule has 1 N–H and O–H groups in total. The van der Waals surface area contributed by atoms with E-state index in [9.17, 15) is 9.90 Å². The standard InChI is InChI=1S/C15H17NO3/c17-13-6-16(9-15(13)3-4-15)14(18)10-1-2-11-7-19-8-12(11)5-10/h1-2,5,13,17H,3-4,6-9H2/t13-/m0/s1. The van der Waals surface area contributed by atoms with Crippen molar-refractivity contribution in [2.24, 2.45) is 5.41 Å². The van der Waals surface area contributed by atoms with Crippen LogP contribution in [0.3, 0.4) is 0 Å². The molecule has 4 nitrogen and oxygen atoms in total. The Balaban J connectivity index is 1.58. The van der Waals surface area contributed by atoms with Crippen molar-refractivity contribution in [3.8, 4) is 0 Å². The van der Waals surface area contributed by atoms with Crippen LogP contribution in [-0.4, -0.2) is 35.1 Å². The summed E-state index contributed by atoms with van der Waals surface area (Å²) in [4.78, 5) is 14.3. The number of hydrogen-bond acceptors (Lipinski definition) is 3. The van der Waals surface area contributed by atoms with Gasteiger partial charge in [-0.25, -0.2) is 0 Å². The largest absolute Gasteiger partial charge is 0.391 e. The molecule has 4 rings (SSSR count). The van der Waals surface area contributed by atoms with Gasteiger partial charge in [0.1, 0.15) is 0 Å². The number of aliphatic hydroxyl groups excluding tert-OH is 1. The summed E-state index contributed by atoms with van der Waals surface area (Å²) in [5.74, 6) is 0.0394. The second kappa shape index (κ2) is 3.81. The maximum Gasteiger partial charge on any atom is 0.253 e. The molecule has 0 unspecified atom stereocenters. The lowest BCUT2D eigenvalue weighted by atomic mass is 10.0. The van der Waals surface area contributed by atoms with E-state index in [1.807, 2.05) is 18.2 Å². The molecule has 19 heavy (non-hydrogen) atoms. The highest BCUT2D eigenvalue weighted by atomic mass is 16.5. The van der Waals surface area contributed by atoms with E-state index in [0.717, 1.165) is 18.4 Å². The summed E-state index contributed by atoms with van der Waals surface area (Å²) in [5.41, 5.74) is 3.03. The number of rotatable bonds is 1. The molecule has 1 spiro atoms. The smallest absolute Gasteiger partial charge is 0.253 e. The van der Waals surface area contributed by atoms with Gasteiger partial charge in [0.25, 0.3) is 5.91 Å². The van der Waals surface area contributed by atoms with Gasteiger partial charge in [0.05, 0.1) is 19.3 Å². The molecule has 2 fully saturated rings. The lowest BCUT2D eigenvalue weighted by Crippen LogP contribution is -2.29. The minimum Gasteiger partial charge on any atom is -0.391 e. The first kappa shape index (κ1) is 11.4. The fourth-order valence-electron chi connectivity index (χ4n) is 3.25. The lowest BCUT2D eigenvalue weighted by molar-refractivity contribution is 0.0764. The Morgan fingerprint density at radius 3 is 2.84 bits per heavy atom. The van der Waals surface area contributed by atoms with Crippen LogP contribution in [0, 0.1) is 5.41 Å². The Bertz CT molecular complexity index is 550. The van der Waals surface area contributed by atoms with Crippen molar-refractivity contribution in [1.82, 2.24) is 4.90 Å². The summed E-state index contributed by atoms with van der Waals surface area (Å²) in [6.07, 6.45) is 1.76. The van der Waals surface area contributed by atoms with Gasteiger partial charge in [0.15, 0.2) is 0 Å². The molecule has 1 saturated carbocycles. The van der Waals surface area contributed by atoms with Gasteiger partial charge in [0, 0.05) is 24.1 Å². The summed E-state index contributed by atoms with van der Waals surface area (Å²) in [7, 11) is 0. The number of fused-ring (bicyclic) bond motifs is 1. The second-order valence-electron chi connectivity index (χ2n) is 6.04. The van der Waals surface area contributed by atoms with Crippen LogP contribution in [0.2, 0.25) is 0 Å². The van der Waals surface area contributed by atoms with Crippen LogP contribution >= 0.6 is 0 Å². The van der Waals surface area contributed by atoms with Crippen molar-refractivity contribution in [2.75, 3.05) is 13.1 Å². The number of nitrogens with zero attached hydrogens (tertiary/aromatic N) is 1. The van der Waals surface area contributed by atoms with Crippen LogP contribution in [0.25, 0.3) is 0 Å². The minimum atomic E-state index is -0.339.